The molecular formula is C13H16O5. The van der Waals surface area contributed by atoms with Crippen LogP contribution >= 0.6 is 0 Å². The number of hydrogen-bond acceptors (Lipinski definition) is 5. The van der Waals surface area contributed by atoms with Crippen LogP contribution in [0.15, 0.2) is 12.2 Å². The summed E-state index contributed by atoms with van der Waals surface area (Å²) in [6, 6.07) is 0. The van der Waals surface area contributed by atoms with Gasteiger partial charge in [-0.2, -0.15) is 0 Å². The highest BCUT2D eigenvalue weighted by Crippen LogP contribution is 2.33. The first-order chi connectivity index (χ1) is 8.63. The molecule has 1 aliphatic carbocycles. The van der Waals surface area contributed by atoms with Gasteiger partial charge in [-0.3, -0.25) is 9.59 Å². The van der Waals surface area contributed by atoms with E-state index in [0.29, 0.717) is 12.8 Å². The van der Waals surface area contributed by atoms with Crippen molar-refractivity contribution in [3.63, 3.8) is 0 Å². The fraction of sp³-hybridized carbons (Fsp3) is 0.615. The van der Waals surface area contributed by atoms with Crippen LogP contribution in [0.5, 0.6) is 0 Å². The molecule has 2 rings (SSSR count). The number of ether oxygens (including phenoxy) is 2. The Labute approximate surface area is 105 Å². The first-order valence-corrected chi connectivity index (χ1v) is 6.13. The van der Waals surface area contributed by atoms with Crippen LogP contribution in [-0.2, 0) is 23.9 Å². The first kappa shape index (κ1) is 12.8. The van der Waals surface area contributed by atoms with Gasteiger partial charge in [0.05, 0.1) is 7.11 Å². The second-order valence-corrected chi connectivity index (χ2v) is 4.64. The number of rotatable bonds is 2. The quantitative estimate of drug-likeness (QED) is 0.417. The highest BCUT2D eigenvalue weighted by Gasteiger charge is 2.42. The molecule has 0 aromatic carbocycles. The van der Waals surface area contributed by atoms with Gasteiger partial charge in [-0.15, -0.1) is 0 Å². The summed E-state index contributed by atoms with van der Waals surface area (Å²) in [5, 5.41) is 0. The molecule has 5 heteroatoms. The van der Waals surface area contributed by atoms with Crippen molar-refractivity contribution in [1.82, 2.24) is 0 Å². The summed E-state index contributed by atoms with van der Waals surface area (Å²) in [4.78, 5) is 34.9. The summed E-state index contributed by atoms with van der Waals surface area (Å²) in [6.07, 6.45) is 5.19. The van der Waals surface area contributed by atoms with Crippen molar-refractivity contribution in [1.29, 1.82) is 0 Å². The van der Waals surface area contributed by atoms with E-state index in [1.54, 1.807) is 6.08 Å². The van der Waals surface area contributed by atoms with Gasteiger partial charge in [0.25, 0.3) is 0 Å². The largest absolute Gasteiger partial charge is 0.468 e. The summed E-state index contributed by atoms with van der Waals surface area (Å²) in [7, 11) is 1.27. The van der Waals surface area contributed by atoms with Crippen molar-refractivity contribution in [2.75, 3.05) is 7.11 Å². The second-order valence-electron chi connectivity index (χ2n) is 4.64. The van der Waals surface area contributed by atoms with Gasteiger partial charge in [-0.05, 0) is 18.9 Å². The van der Waals surface area contributed by atoms with Crippen LogP contribution in [0.2, 0.25) is 0 Å². The number of hydrogen-bond donors (Lipinski definition) is 0. The number of Topliss-reactive ketones (excluding diaryl/α,β-unsaturated/α-hetero) is 1. The molecule has 1 saturated carbocycles. The highest BCUT2D eigenvalue weighted by atomic mass is 16.5. The smallest absolute Gasteiger partial charge is 0.331 e. The third kappa shape index (κ3) is 2.44. The van der Waals surface area contributed by atoms with Gasteiger partial charge >= 0.3 is 11.9 Å². The van der Waals surface area contributed by atoms with E-state index in [0.717, 1.165) is 12.8 Å². The van der Waals surface area contributed by atoms with Crippen LogP contribution in [-0.4, -0.2) is 30.9 Å². The lowest BCUT2D eigenvalue weighted by atomic mass is 9.83. The third-order valence-electron chi connectivity index (χ3n) is 3.54. The molecule has 0 radical (unpaired) electrons. The molecule has 1 aliphatic heterocycles. The Morgan fingerprint density at radius 2 is 2.17 bits per heavy atom. The lowest BCUT2D eigenvalue weighted by molar-refractivity contribution is -0.156. The number of carbonyl (C=O) groups is 3. The summed E-state index contributed by atoms with van der Waals surface area (Å²) in [5.74, 6) is -2.16. The second kappa shape index (κ2) is 5.33. The molecule has 0 saturated heterocycles. The van der Waals surface area contributed by atoms with E-state index in [1.807, 2.05) is 0 Å². The fourth-order valence-electron chi connectivity index (χ4n) is 2.64. The SMILES string of the molecule is COC(=O)C1C(=O)CCCC[C@@H]1C1C=CC(=O)O1. The highest BCUT2D eigenvalue weighted by molar-refractivity contribution is 5.99. The van der Waals surface area contributed by atoms with E-state index in [4.69, 9.17) is 9.47 Å². The van der Waals surface area contributed by atoms with Crippen molar-refractivity contribution < 1.29 is 23.9 Å². The predicted octanol–water partition coefficient (Wildman–Crippen LogP) is 1.02. The Bertz CT molecular complexity index is 398. The Kier molecular flexibility index (Phi) is 3.79. The Balaban J connectivity index is 2.22. The molecular weight excluding hydrogens is 236 g/mol. The van der Waals surface area contributed by atoms with E-state index < -0.39 is 24.0 Å². The van der Waals surface area contributed by atoms with Crippen molar-refractivity contribution in [2.45, 2.75) is 31.8 Å². The van der Waals surface area contributed by atoms with E-state index >= 15 is 0 Å². The first-order valence-electron chi connectivity index (χ1n) is 6.13. The Morgan fingerprint density at radius 1 is 1.39 bits per heavy atom. The maximum atomic E-state index is 12.0. The maximum Gasteiger partial charge on any atom is 0.331 e. The molecule has 1 heterocycles. The van der Waals surface area contributed by atoms with Crippen LogP contribution in [0.3, 0.4) is 0 Å². The minimum atomic E-state index is -0.807. The van der Waals surface area contributed by atoms with Crippen molar-refractivity contribution in [2.24, 2.45) is 11.8 Å². The molecule has 0 spiro atoms. The molecule has 1 fully saturated rings. The Morgan fingerprint density at radius 3 is 2.78 bits per heavy atom. The van der Waals surface area contributed by atoms with E-state index in [1.165, 1.54) is 13.2 Å². The zero-order valence-electron chi connectivity index (χ0n) is 10.3. The number of methoxy groups -OCH3 is 1. The standard InChI is InChI=1S/C13H16O5/c1-17-13(16)12-8(4-2-3-5-9(12)14)10-6-7-11(15)18-10/h6-8,10,12H,2-5H2,1H3/t8-,10?,12?/m1/s1. The zero-order chi connectivity index (χ0) is 13.1. The topological polar surface area (TPSA) is 69.7 Å². The summed E-state index contributed by atoms with van der Waals surface area (Å²) in [6.45, 7) is 0. The normalized spacial score (nSPS) is 31.9. The zero-order valence-corrected chi connectivity index (χ0v) is 10.3. The molecule has 0 amide bonds. The molecule has 0 aromatic rings. The molecule has 3 atom stereocenters. The van der Waals surface area contributed by atoms with Crippen LogP contribution < -0.4 is 0 Å². The van der Waals surface area contributed by atoms with Gasteiger partial charge in [-0.25, -0.2) is 4.79 Å². The minimum Gasteiger partial charge on any atom is -0.468 e. The lowest BCUT2D eigenvalue weighted by Gasteiger charge is -2.25. The number of esters is 2. The molecule has 0 N–H and O–H groups in total. The van der Waals surface area contributed by atoms with Crippen molar-refractivity contribution in [3.05, 3.63) is 12.2 Å². The average Bonchev–Trinajstić information content (AvgIpc) is 2.68. The van der Waals surface area contributed by atoms with Gasteiger partial charge in [-0.1, -0.05) is 6.42 Å². The van der Waals surface area contributed by atoms with Gasteiger partial charge < -0.3 is 9.47 Å². The van der Waals surface area contributed by atoms with Gasteiger partial charge in [0.1, 0.15) is 17.8 Å². The molecule has 2 aliphatic rings. The lowest BCUT2D eigenvalue weighted by Crippen LogP contribution is -2.37. The summed E-state index contributed by atoms with van der Waals surface area (Å²) >= 11 is 0. The van der Waals surface area contributed by atoms with Crippen molar-refractivity contribution >= 4 is 17.7 Å². The molecule has 2 unspecified atom stereocenters. The average molecular weight is 252 g/mol. The predicted molar refractivity (Wildman–Crippen MR) is 61.5 cm³/mol. The van der Waals surface area contributed by atoms with Crippen LogP contribution in [0.25, 0.3) is 0 Å². The van der Waals surface area contributed by atoms with Crippen LogP contribution in [0.4, 0.5) is 0 Å². The summed E-state index contributed by atoms with van der Waals surface area (Å²) < 4.78 is 9.83. The number of ketones is 1. The minimum absolute atomic E-state index is 0.110. The molecule has 18 heavy (non-hydrogen) atoms. The van der Waals surface area contributed by atoms with Crippen molar-refractivity contribution in [3.8, 4) is 0 Å². The monoisotopic (exact) mass is 252 g/mol. The summed E-state index contributed by atoms with van der Waals surface area (Å²) in [5.41, 5.74) is 0. The molecule has 0 bridgehead atoms. The fourth-order valence-corrected chi connectivity index (χ4v) is 2.64. The van der Waals surface area contributed by atoms with Crippen LogP contribution in [0.1, 0.15) is 25.7 Å². The number of cyclic esters (lactones) is 1. The third-order valence-corrected chi connectivity index (χ3v) is 3.54. The van der Waals surface area contributed by atoms with Gasteiger partial charge in [0, 0.05) is 18.4 Å². The van der Waals surface area contributed by atoms with Crippen LogP contribution in [0, 0.1) is 11.8 Å². The maximum absolute atomic E-state index is 12.0. The van der Waals surface area contributed by atoms with E-state index in [-0.39, 0.29) is 11.7 Å². The molecule has 98 valence electrons. The van der Waals surface area contributed by atoms with E-state index in [2.05, 4.69) is 0 Å². The van der Waals surface area contributed by atoms with E-state index in [9.17, 15) is 14.4 Å². The van der Waals surface area contributed by atoms with Gasteiger partial charge in [0.15, 0.2) is 0 Å². The molecule has 5 nitrogen and oxygen atoms in total. The molecule has 0 aromatic heterocycles. The van der Waals surface area contributed by atoms with Gasteiger partial charge in [0.2, 0.25) is 0 Å². The Hall–Kier alpha value is -1.65. The number of carbonyl (C=O) groups excluding carboxylic acids is 3.